The second-order valence-electron chi connectivity index (χ2n) is 8.11. The number of hydrogen-bond donors (Lipinski definition) is 1. The summed E-state index contributed by atoms with van der Waals surface area (Å²) >= 11 is 0. The number of carbonyl (C=O) groups is 3. The number of rotatable bonds is 6. The molecule has 1 aliphatic heterocycles. The third-order valence-electron chi connectivity index (χ3n) is 6.25. The third-order valence-corrected chi connectivity index (χ3v) is 6.25. The van der Waals surface area contributed by atoms with Crippen LogP contribution in [-0.2, 0) is 21.5 Å². The normalized spacial score (nSPS) is 18.3. The van der Waals surface area contributed by atoms with E-state index in [1.165, 1.54) is 23.3 Å². The Morgan fingerprint density at radius 3 is 2.14 bits per heavy atom. The Morgan fingerprint density at radius 2 is 1.52 bits per heavy atom. The van der Waals surface area contributed by atoms with Gasteiger partial charge in [0, 0.05) is 30.4 Å². The summed E-state index contributed by atoms with van der Waals surface area (Å²) in [6.07, 6.45) is 5.15. The number of imide groups is 1. The van der Waals surface area contributed by atoms with Crippen molar-refractivity contribution in [3.8, 4) is 0 Å². The van der Waals surface area contributed by atoms with Gasteiger partial charge in [0.2, 0.25) is 11.8 Å². The Kier molecular flexibility index (Phi) is 5.47. The van der Waals surface area contributed by atoms with Crippen LogP contribution < -0.4 is 5.32 Å². The second-order valence-corrected chi connectivity index (χ2v) is 8.11. The Balaban J connectivity index is 1.39. The van der Waals surface area contributed by atoms with Crippen LogP contribution in [0.2, 0.25) is 0 Å². The van der Waals surface area contributed by atoms with Gasteiger partial charge in [-0.15, -0.1) is 0 Å². The largest absolute Gasteiger partial charge is 0.351 e. The molecule has 0 aromatic heterocycles. The lowest BCUT2D eigenvalue weighted by atomic mass is 9.79. The van der Waals surface area contributed by atoms with E-state index in [0.717, 1.165) is 18.4 Å². The van der Waals surface area contributed by atoms with Gasteiger partial charge < -0.3 is 5.32 Å². The highest BCUT2D eigenvalue weighted by Crippen LogP contribution is 2.40. The zero-order valence-electron chi connectivity index (χ0n) is 16.5. The average molecular weight is 390 g/mol. The van der Waals surface area contributed by atoms with E-state index in [2.05, 4.69) is 29.6 Å². The summed E-state index contributed by atoms with van der Waals surface area (Å²) < 4.78 is 0. The fourth-order valence-corrected chi connectivity index (χ4v) is 4.51. The Morgan fingerprint density at radius 1 is 0.897 bits per heavy atom. The number of nitrogens with zero attached hydrogens (tertiary/aromatic N) is 1. The highest BCUT2D eigenvalue weighted by atomic mass is 16.2. The van der Waals surface area contributed by atoms with Gasteiger partial charge in [-0.05, 0) is 36.1 Å². The molecule has 29 heavy (non-hydrogen) atoms. The van der Waals surface area contributed by atoms with Gasteiger partial charge >= 0.3 is 0 Å². The van der Waals surface area contributed by atoms with Crippen molar-refractivity contribution in [1.82, 2.24) is 10.2 Å². The quantitative estimate of drug-likeness (QED) is 0.767. The van der Waals surface area contributed by atoms with Crippen LogP contribution >= 0.6 is 0 Å². The van der Waals surface area contributed by atoms with Gasteiger partial charge in [0.05, 0.1) is 6.54 Å². The molecule has 1 aliphatic carbocycles. The van der Waals surface area contributed by atoms with Crippen molar-refractivity contribution in [1.29, 1.82) is 0 Å². The molecule has 1 N–H and O–H groups in total. The van der Waals surface area contributed by atoms with Crippen molar-refractivity contribution in [3.63, 3.8) is 0 Å². The number of hydrogen-bond acceptors (Lipinski definition) is 3. The molecule has 150 valence electrons. The lowest BCUT2D eigenvalue weighted by Crippen LogP contribution is -2.39. The third kappa shape index (κ3) is 4.09. The van der Waals surface area contributed by atoms with Crippen LogP contribution in [0.1, 0.15) is 60.0 Å². The van der Waals surface area contributed by atoms with Crippen LogP contribution in [0.15, 0.2) is 54.6 Å². The monoisotopic (exact) mass is 390 g/mol. The van der Waals surface area contributed by atoms with Gasteiger partial charge in [-0.2, -0.15) is 0 Å². The van der Waals surface area contributed by atoms with Crippen LogP contribution in [0.3, 0.4) is 0 Å². The van der Waals surface area contributed by atoms with E-state index in [-0.39, 0.29) is 29.7 Å². The van der Waals surface area contributed by atoms with Crippen molar-refractivity contribution in [2.24, 2.45) is 0 Å². The van der Waals surface area contributed by atoms with Crippen LogP contribution in [0, 0.1) is 0 Å². The van der Waals surface area contributed by atoms with Crippen molar-refractivity contribution in [3.05, 3.63) is 71.3 Å². The van der Waals surface area contributed by atoms with Gasteiger partial charge in [0.25, 0.3) is 5.91 Å². The van der Waals surface area contributed by atoms with E-state index in [9.17, 15) is 14.4 Å². The zero-order valence-corrected chi connectivity index (χ0v) is 16.5. The highest BCUT2D eigenvalue weighted by Gasteiger charge is 2.35. The fraction of sp³-hybridized carbons (Fsp3) is 0.375. The summed E-state index contributed by atoms with van der Waals surface area (Å²) in [4.78, 5) is 37.5. The van der Waals surface area contributed by atoms with E-state index in [1.807, 2.05) is 18.2 Å². The molecule has 5 heteroatoms. The van der Waals surface area contributed by atoms with Crippen molar-refractivity contribution in [2.45, 2.75) is 50.5 Å². The maximum atomic E-state index is 12.7. The lowest BCUT2D eigenvalue weighted by Gasteiger charge is -2.30. The Bertz CT molecular complexity index is 883. The van der Waals surface area contributed by atoms with E-state index in [4.69, 9.17) is 0 Å². The van der Waals surface area contributed by atoms with Crippen LogP contribution in [0.4, 0.5) is 0 Å². The number of carbonyl (C=O) groups excluding carboxylic acids is 3. The van der Waals surface area contributed by atoms with Gasteiger partial charge in [-0.3, -0.25) is 19.3 Å². The maximum Gasteiger partial charge on any atom is 0.251 e. The molecule has 3 amide bonds. The zero-order chi connectivity index (χ0) is 20.3. The molecule has 0 radical (unpaired) electrons. The van der Waals surface area contributed by atoms with Crippen molar-refractivity contribution < 1.29 is 14.4 Å². The Labute approximate surface area is 171 Å². The predicted octanol–water partition coefficient (Wildman–Crippen LogP) is 3.58. The molecular formula is C24H26N2O3. The number of likely N-dealkylation sites (tertiary alicyclic amines) is 1. The molecule has 2 fully saturated rings. The Hall–Kier alpha value is -2.95. The number of benzene rings is 2. The van der Waals surface area contributed by atoms with Gasteiger partial charge in [0.15, 0.2) is 0 Å². The summed E-state index contributed by atoms with van der Waals surface area (Å²) in [5, 5.41) is 3.13. The number of nitrogens with one attached hydrogen (secondary N) is 1. The standard InChI is InChI=1S/C24H26N2O3/c27-21-12-13-22(28)26(21)16-18-8-10-19(11-9-18)23(29)25-17-24(14-4-5-15-24)20-6-2-1-3-7-20/h1-3,6-11H,4-5,12-17H2,(H,25,29). The first-order chi connectivity index (χ1) is 14.1. The van der Waals surface area contributed by atoms with Crippen molar-refractivity contribution >= 4 is 17.7 Å². The molecule has 1 saturated heterocycles. The smallest absolute Gasteiger partial charge is 0.251 e. The van der Waals surface area contributed by atoms with E-state index in [0.29, 0.717) is 24.9 Å². The lowest BCUT2D eigenvalue weighted by molar-refractivity contribution is -0.139. The summed E-state index contributed by atoms with van der Waals surface area (Å²) in [6, 6.07) is 17.6. The second kappa shape index (κ2) is 8.19. The molecule has 2 aliphatic rings. The summed E-state index contributed by atoms with van der Waals surface area (Å²) in [6.45, 7) is 0.908. The first-order valence-corrected chi connectivity index (χ1v) is 10.3. The molecule has 2 aromatic rings. The minimum Gasteiger partial charge on any atom is -0.351 e. The molecule has 1 saturated carbocycles. The first kappa shape index (κ1) is 19.4. The SMILES string of the molecule is O=C(NCC1(c2ccccc2)CCCC1)c1ccc(CN2C(=O)CCC2=O)cc1. The minimum atomic E-state index is -0.125. The number of amides is 3. The molecule has 1 heterocycles. The maximum absolute atomic E-state index is 12.7. The van der Waals surface area contributed by atoms with Gasteiger partial charge in [-0.25, -0.2) is 0 Å². The minimum absolute atomic E-state index is 0.0212. The highest BCUT2D eigenvalue weighted by molar-refractivity contribution is 6.01. The average Bonchev–Trinajstić information content (AvgIpc) is 3.36. The van der Waals surface area contributed by atoms with Crippen LogP contribution in [0.5, 0.6) is 0 Å². The topological polar surface area (TPSA) is 66.5 Å². The molecule has 0 spiro atoms. The van der Waals surface area contributed by atoms with E-state index < -0.39 is 0 Å². The van der Waals surface area contributed by atoms with Crippen molar-refractivity contribution in [2.75, 3.05) is 6.54 Å². The molecular weight excluding hydrogens is 364 g/mol. The molecule has 2 aromatic carbocycles. The molecule has 0 unspecified atom stereocenters. The summed E-state index contributed by atoms with van der Waals surface area (Å²) in [5.41, 5.74) is 2.76. The van der Waals surface area contributed by atoms with E-state index >= 15 is 0 Å². The molecule has 5 nitrogen and oxygen atoms in total. The van der Waals surface area contributed by atoms with Gasteiger partial charge in [0.1, 0.15) is 0 Å². The van der Waals surface area contributed by atoms with Crippen LogP contribution in [-0.4, -0.2) is 29.2 Å². The van der Waals surface area contributed by atoms with Gasteiger partial charge in [-0.1, -0.05) is 55.3 Å². The van der Waals surface area contributed by atoms with E-state index in [1.54, 1.807) is 12.1 Å². The molecule has 4 rings (SSSR count). The fourth-order valence-electron chi connectivity index (χ4n) is 4.51. The summed E-state index contributed by atoms with van der Waals surface area (Å²) in [7, 11) is 0. The molecule has 0 atom stereocenters. The molecule has 0 bridgehead atoms. The summed E-state index contributed by atoms with van der Waals surface area (Å²) in [5.74, 6) is -0.341. The predicted molar refractivity (Wildman–Crippen MR) is 110 cm³/mol. The van der Waals surface area contributed by atoms with Crippen LogP contribution in [0.25, 0.3) is 0 Å². The first-order valence-electron chi connectivity index (χ1n) is 10.3.